The standard InChI is InChI=1S/C16H20BN/c1-10-4-5-11(2)16(12(10)3)13-8-15-14(17-9-13)6-7-18-15/h8-9,18H,4-7H2,1-3H3. The number of fused-ring (bicyclic) bond motifs is 1. The van der Waals surface area contributed by atoms with E-state index in [2.05, 4.69) is 45.0 Å². The fourth-order valence-electron chi connectivity index (χ4n) is 3.13. The van der Waals surface area contributed by atoms with Gasteiger partial charge in [0, 0.05) is 0 Å². The van der Waals surface area contributed by atoms with E-state index in [-0.39, 0.29) is 0 Å². The average molecular weight is 237 g/mol. The van der Waals surface area contributed by atoms with Crippen molar-refractivity contribution in [2.45, 2.75) is 40.0 Å². The van der Waals surface area contributed by atoms with Crippen LogP contribution in [0.2, 0.25) is 0 Å². The van der Waals surface area contributed by atoms with Crippen molar-refractivity contribution in [1.82, 2.24) is 0 Å². The van der Waals surface area contributed by atoms with Crippen LogP contribution in [0.25, 0.3) is 5.57 Å². The molecule has 0 radical (unpaired) electrons. The van der Waals surface area contributed by atoms with Gasteiger partial charge in [-0.3, -0.25) is 0 Å². The van der Waals surface area contributed by atoms with Gasteiger partial charge in [0.05, 0.1) is 0 Å². The van der Waals surface area contributed by atoms with E-state index in [4.69, 9.17) is 0 Å². The summed E-state index contributed by atoms with van der Waals surface area (Å²) in [4.78, 5) is 0. The Bertz CT molecular complexity index is 566. The molecule has 3 rings (SSSR count). The maximum absolute atomic E-state index is 3.48. The summed E-state index contributed by atoms with van der Waals surface area (Å²) in [6.07, 6.45) is 3.61. The first-order valence-corrected chi connectivity index (χ1v) is 6.90. The van der Waals surface area contributed by atoms with Crippen LogP contribution in [0.15, 0.2) is 28.7 Å². The van der Waals surface area contributed by atoms with Gasteiger partial charge in [-0.1, -0.05) is 0 Å². The zero-order valence-electron chi connectivity index (χ0n) is 11.6. The molecule has 0 atom stereocenters. The molecule has 1 aromatic rings. The predicted octanol–water partition coefficient (Wildman–Crippen LogP) is 3.90. The van der Waals surface area contributed by atoms with Gasteiger partial charge < -0.3 is 0 Å². The first-order valence-electron chi connectivity index (χ1n) is 6.90. The van der Waals surface area contributed by atoms with Gasteiger partial charge in [0.15, 0.2) is 0 Å². The molecule has 1 aliphatic carbocycles. The van der Waals surface area contributed by atoms with Crippen molar-refractivity contribution in [1.29, 1.82) is 0 Å². The molecule has 2 heteroatoms. The third-order valence-electron chi connectivity index (χ3n) is 4.43. The van der Waals surface area contributed by atoms with Gasteiger partial charge in [0.1, 0.15) is 0 Å². The molecule has 1 aromatic heterocycles. The molecule has 2 aliphatic rings. The summed E-state index contributed by atoms with van der Waals surface area (Å²) < 4.78 is 0. The van der Waals surface area contributed by atoms with Crippen LogP contribution in [-0.2, 0) is 6.42 Å². The second-order valence-corrected chi connectivity index (χ2v) is 5.61. The third kappa shape index (κ3) is 1.84. The van der Waals surface area contributed by atoms with Crippen LogP contribution >= 0.6 is 0 Å². The molecule has 18 heavy (non-hydrogen) atoms. The van der Waals surface area contributed by atoms with Crippen molar-refractivity contribution in [2.24, 2.45) is 0 Å². The Morgan fingerprint density at radius 3 is 2.67 bits per heavy atom. The van der Waals surface area contributed by atoms with Gasteiger partial charge in [0.25, 0.3) is 0 Å². The molecule has 1 N–H and O–H groups in total. The van der Waals surface area contributed by atoms with E-state index in [1.807, 2.05) is 0 Å². The van der Waals surface area contributed by atoms with Crippen LogP contribution in [0.5, 0.6) is 0 Å². The number of hydrogen-bond donors (Lipinski definition) is 1. The van der Waals surface area contributed by atoms with Crippen molar-refractivity contribution in [3.05, 3.63) is 39.8 Å². The minimum atomic E-state index is 1.09. The molecule has 0 aromatic carbocycles. The first-order chi connectivity index (χ1) is 8.66. The number of hydrogen-bond acceptors (Lipinski definition) is 1. The molecule has 0 bridgehead atoms. The normalized spacial score (nSPS) is 18.8. The van der Waals surface area contributed by atoms with E-state index in [0.717, 1.165) is 6.54 Å². The number of rotatable bonds is 1. The molecule has 0 spiro atoms. The van der Waals surface area contributed by atoms with Gasteiger partial charge in [-0.25, -0.2) is 0 Å². The van der Waals surface area contributed by atoms with Gasteiger partial charge in [-0.15, -0.1) is 0 Å². The van der Waals surface area contributed by atoms with E-state index in [1.54, 1.807) is 5.57 Å². The Morgan fingerprint density at radius 1 is 1.06 bits per heavy atom. The molecule has 0 fully saturated rings. The molecule has 0 unspecified atom stereocenters. The Hall–Kier alpha value is -1.31. The third-order valence-corrected chi connectivity index (χ3v) is 4.43. The number of allylic oxidation sites excluding steroid dienone is 4. The van der Waals surface area contributed by atoms with Gasteiger partial charge >= 0.3 is 110 Å². The fourth-order valence-corrected chi connectivity index (χ4v) is 3.13. The molecule has 0 saturated heterocycles. The quantitative estimate of drug-likeness (QED) is 0.781. The average Bonchev–Trinajstić information content (AvgIpc) is 2.82. The Kier molecular flexibility index (Phi) is 2.89. The van der Waals surface area contributed by atoms with E-state index < -0.39 is 0 Å². The van der Waals surface area contributed by atoms with Gasteiger partial charge in [-0.2, -0.15) is 0 Å². The molecular weight excluding hydrogens is 217 g/mol. The summed E-state index contributed by atoms with van der Waals surface area (Å²) in [7, 11) is 0. The van der Waals surface area contributed by atoms with Crippen LogP contribution < -0.4 is 5.32 Å². The van der Waals surface area contributed by atoms with Gasteiger partial charge in [-0.05, 0) is 0 Å². The summed E-state index contributed by atoms with van der Waals surface area (Å²) in [5.74, 6) is 2.30. The summed E-state index contributed by atoms with van der Waals surface area (Å²) in [5, 5.41) is 3.48. The van der Waals surface area contributed by atoms with Crippen LogP contribution in [-0.4, -0.2) is 13.5 Å². The van der Waals surface area contributed by atoms with Crippen molar-refractivity contribution >= 4 is 18.2 Å². The molecule has 0 amide bonds. The molecule has 2 heterocycles. The summed E-state index contributed by atoms with van der Waals surface area (Å²) in [6, 6.07) is 2.34. The zero-order valence-corrected chi connectivity index (χ0v) is 11.6. The van der Waals surface area contributed by atoms with Crippen molar-refractivity contribution in [3.8, 4) is 0 Å². The Morgan fingerprint density at radius 2 is 1.83 bits per heavy atom. The predicted molar refractivity (Wildman–Crippen MR) is 80.2 cm³/mol. The Balaban J connectivity index is 2.10. The monoisotopic (exact) mass is 237 g/mol. The van der Waals surface area contributed by atoms with Crippen LogP contribution in [0, 0.1) is 0 Å². The van der Waals surface area contributed by atoms with Gasteiger partial charge in [0.2, 0.25) is 0 Å². The van der Waals surface area contributed by atoms with E-state index in [0.29, 0.717) is 0 Å². The van der Waals surface area contributed by atoms with E-state index in [9.17, 15) is 0 Å². The maximum atomic E-state index is 3.48. The van der Waals surface area contributed by atoms with Crippen LogP contribution in [0.3, 0.4) is 0 Å². The summed E-state index contributed by atoms with van der Waals surface area (Å²) >= 11 is 0. The second-order valence-electron chi connectivity index (χ2n) is 5.61. The minimum absolute atomic E-state index is 1.09. The summed E-state index contributed by atoms with van der Waals surface area (Å²) in [5.41, 5.74) is 10.2. The summed E-state index contributed by atoms with van der Waals surface area (Å²) in [6.45, 7) is 10.2. The van der Waals surface area contributed by atoms with Crippen LogP contribution in [0.1, 0.15) is 44.6 Å². The van der Waals surface area contributed by atoms with Crippen molar-refractivity contribution < 1.29 is 0 Å². The number of anilines is 1. The topological polar surface area (TPSA) is 12.0 Å². The van der Waals surface area contributed by atoms with Crippen molar-refractivity contribution in [2.75, 3.05) is 11.9 Å². The SMILES string of the molecule is CC1=C(C)C(c2cbc3c(c2)NCC3)=C(C)CC1. The first kappa shape index (κ1) is 11.8. The Labute approximate surface area is 110 Å². The molecule has 1 nitrogen and oxygen atoms in total. The van der Waals surface area contributed by atoms with E-state index >= 15 is 0 Å². The molecule has 0 saturated carbocycles. The zero-order chi connectivity index (χ0) is 12.7. The van der Waals surface area contributed by atoms with Crippen molar-refractivity contribution in [3.63, 3.8) is 0 Å². The number of nitrogens with one attached hydrogen (secondary N) is 1. The van der Waals surface area contributed by atoms with Crippen LogP contribution in [0.4, 0.5) is 5.69 Å². The molecular formula is C16H20BN. The molecule has 1 aliphatic heterocycles. The fraction of sp³-hybridized carbons (Fsp3) is 0.438. The molecule has 92 valence electrons. The van der Waals surface area contributed by atoms with E-state index in [1.165, 1.54) is 52.7 Å². The second kappa shape index (κ2) is 4.42.